The molecule has 4 aromatic heterocycles. The number of para-hydroxylation sites is 4. The van der Waals surface area contributed by atoms with E-state index < -0.39 is 0 Å². The molecule has 4 nitrogen and oxygen atoms in total. The van der Waals surface area contributed by atoms with Gasteiger partial charge in [-0.15, -0.1) is 0 Å². The highest BCUT2D eigenvalue weighted by Gasteiger charge is 2.25. The number of pyridine rings is 2. The second-order valence-electron chi connectivity index (χ2n) is 19.0. The molecule has 0 saturated carbocycles. The van der Waals surface area contributed by atoms with E-state index in [1.807, 2.05) is 12.4 Å². The first-order chi connectivity index (χ1) is 30.0. The van der Waals surface area contributed by atoms with E-state index in [0.717, 1.165) is 64.3 Å². The smallest absolute Gasteiger partial charge is 0.0715 e. The van der Waals surface area contributed by atoms with Gasteiger partial charge in [-0.2, -0.15) is 0 Å². The van der Waals surface area contributed by atoms with Crippen molar-refractivity contribution in [3.8, 4) is 44.9 Å². The van der Waals surface area contributed by atoms with Crippen molar-refractivity contribution in [1.82, 2.24) is 19.1 Å². The highest BCUT2D eigenvalue weighted by Crippen LogP contribution is 2.41. The number of nitrogens with zero attached hydrogens (tertiary/aromatic N) is 4. The van der Waals surface area contributed by atoms with E-state index >= 15 is 0 Å². The van der Waals surface area contributed by atoms with E-state index in [4.69, 9.17) is 9.97 Å². The number of unbranched alkanes of at least 4 members (excludes halogenated alkanes) is 1. The minimum atomic E-state index is -0.188. The summed E-state index contributed by atoms with van der Waals surface area (Å²) in [4.78, 5) is 10.5. The Balaban J connectivity index is 1.15. The molecule has 306 valence electrons. The second kappa shape index (κ2) is 15.3. The lowest BCUT2D eigenvalue weighted by atomic mass is 9.81. The molecular weight excluding hydrogens is 753 g/mol. The molecule has 0 amide bonds. The lowest BCUT2D eigenvalue weighted by molar-refractivity contribution is 0.569. The summed E-state index contributed by atoms with van der Waals surface area (Å²) in [5, 5.41) is 5.04. The van der Waals surface area contributed by atoms with E-state index in [-0.39, 0.29) is 10.8 Å². The SMILES string of the molecule is CCCCc1ccc(-n2c3ccccc3c3ccccc32)cc1-c1cncc(-c2cc(-c3cc(-n4c5ccccc5c5ccccc54)ccc3C(C)(C)C)nc(C(C)(C)C)c2)c1. The van der Waals surface area contributed by atoms with Gasteiger partial charge in [-0.3, -0.25) is 9.97 Å². The Hall–Kier alpha value is -6.78. The van der Waals surface area contributed by atoms with Crippen molar-refractivity contribution in [1.29, 1.82) is 0 Å². The Bertz CT molecular complexity index is 3200. The number of aromatic nitrogens is 4. The van der Waals surface area contributed by atoms with Gasteiger partial charge >= 0.3 is 0 Å². The van der Waals surface area contributed by atoms with Crippen LogP contribution in [0.3, 0.4) is 0 Å². The lowest BCUT2D eigenvalue weighted by Crippen LogP contribution is -2.16. The molecule has 0 aliphatic carbocycles. The molecule has 6 aromatic carbocycles. The van der Waals surface area contributed by atoms with Crippen LogP contribution in [0.25, 0.3) is 88.5 Å². The molecule has 0 atom stereocenters. The van der Waals surface area contributed by atoms with Gasteiger partial charge in [0.2, 0.25) is 0 Å². The van der Waals surface area contributed by atoms with Crippen LogP contribution in [-0.2, 0) is 17.3 Å². The van der Waals surface area contributed by atoms with Crippen LogP contribution in [0.1, 0.15) is 78.1 Å². The lowest BCUT2D eigenvalue weighted by Gasteiger charge is -2.26. The number of hydrogen-bond acceptors (Lipinski definition) is 2. The Morgan fingerprint density at radius 1 is 0.468 bits per heavy atom. The standard InChI is InChI=1S/C58H54N4/c1-8-9-18-38-27-28-42(61-52-23-14-10-19-44(52)45-20-11-15-24-53(45)61)34-48(38)41-31-40(36-59-37-41)39-32-51(60-56(33-39)58(5,6)7)49-35-43(29-30-50(49)57(2,3)4)62-54-25-16-12-21-46(54)47-22-13-17-26-55(47)62/h10-17,19-37H,8-9,18H2,1-7H3. The number of hydrogen-bond donors (Lipinski definition) is 0. The van der Waals surface area contributed by atoms with Crippen molar-refractivity contribution >= 4 is 43.6 Å². The number of aryl methyl sites for hydroxylation is 1. The quantitative estimate of drug-likeness (QED) is 0.153. The van der Waals surface area contributed by atoms with Gasteiger partial charge in [0.05, 0.1) is 27.8 Å². The van der Waals surface area contributed by atoms with Crippen LogP contribution in [-0.4, -0.2) is 19.1 Å². The van der Waals surface area contributed by atoms with Crippen molar-refractivity contribution in [2.75, 3.05) is 0 Å². The Labute approximate surface area is 365 Å². The van der Waals surface area contributed by atoms with E-state index in [1.165, 1.54) is 60.3 Å². The second-order valence-corrected chi connectivity index (χ2v) is 19.0. The summed E-state index contributed by atoms with van der Waals surface area (Å²) < 4.78 is 4.83. The van der Waals surface area contributed by atoms with Gasteiger partial charge in [0.15, 0.2) is 0 Å². The van der Waals surface area contributed by atoms with Gasteiger partial charge in [-0.05, 0) is 107 Å². The molecule has 0 bridgehead atoms. The Morgan fingerprint density at radius 3 is 1.48 bits per heavy atom. The number of rotatable bonds is 8. The highest BCUT2D eigenvalue weighted by atomic mass is 15.0. The molecule has 0 aliphatic heterocycles. The fourth-order valence-corrected chi connectivity index (χ4v) is 9.46. The van der Waals surface area contributed by atoms with E-state index in [1.54, 1.807) is 0 Å². The Morgan fingerprint density at radius 2 is 0.968 bits per heavy atom. The molecule has 0 N–H and O–H groups in total. The van der Waals surface area contributed by atoms with Crippen LogP contribution in [0.2, 0.25) is 0 Å². The van der Waals surface area contributed by atoms with Gasteiger partial charge in [0, 0.05) is 73.1 Å². The van der Waals surface area contributed by atoms with Crippen LogP contribution in [0.5, 0.6) is 0 Å². The normalized spacial score (nSPS) is 12.3. The average Bonchev–Trinajstić information content (AvgIpc) is 3.80. The number of fused-ring (bicyclic) bond motifs is 6. The number of benzene rings is 6. The van der Waals surface area contributed by atoms with Gasteiger partial charge in [-0.1, -0.05) is 140 Å². The minimum absolute atomic E-state index is 0.119. The van der Waals surface area contributed by atoms with Crippen LogP contribution in [0.15, 0.2) is 164 Å². The summed E-state index contributed by atoms with van der Waals surface area (Å²) in [7, 11) is 0. The van der Waals surface area contributed by atoms with Crippen molar-refractivity contribution in [3.63, 3.8) is 0 Å². The van der Waals surface area contributed by atoms with Crippen LogP contribution >= 0.6 is 0 Å². The first-order valence-corrected chi connectivity index (χ1v) is 22.2. The van der Waals surface area contributed by atoms with Crippen molar-refractivity contribution in [2.45, 2.75) is 78.6 Å². The molecule has 4 heteroatoms. The first-order valence-electron chi connectivity index (χ1n) is 22.2. The zero-order chi connectivity index (χ0) is 42.8. The van der Waals surface area contributed by atoms with Crippen LogP contribution in [0, 0.1) is 0 Å². The fraction of sp³-hybridized carbons (Fsp3) is 0.207. The molecule has 0 fully saturated rings. The third-order valence-electron chi connectivity index (χ3n) is 12.6. The summed E-state index contributed by atoms with van der Waals surface area (Å²) in [5.74, 6) is 0. The zero-order valence-corrected chi connectivity index (χ0v) is 37.0. The van der Waals surface area contributed by atoms with E-state index in [2.05, 4.69) is 209 Å². The maximum absolute atomic E-state index is 5.51. The molecule has 4 heterocycles. The summed E-state index contributed by atoms with van der Waals surface area (Å²) in [6.45, 7) is 16.0. The van der Waals surface area contributed by atoms with E-state index in [9.17, 15) is 0 Å². The summed E-state index contributed by atoms with van der Waals surface area (Å²) in [6.07, 6.45) is 7.34. The molecule has 0 unspecified atom stereocenters. The van der Waals surface area contributed by atoms with Crippen molar-refractivity contribution in [3.05, 3.63) is 181 Å². The predicted octanol–water partition coefficient (Wildman–Crippen LogP) is 15.6. The molecule has 62 heavy (non-hydrogen) atoms. The molecule has 10 aromatic rings. The summed E-state index contributed by atoms with van der Waals surface area (Å²) in [5.41, 5.74) is 17.1. The highest BCUT2D eigenvalue weighted by molar-refractivity contribution is 6.10. The maximum atomic E-state index is 5.51. The third-order valence-corrected chi connectivity index (χ3v) is 12.6. The zero-order valence-electron chi connectivity index (χ0n) is 37.0. The van der Waals surface area contributed by atoms with Gasteiger partial charge in [-0.25, -0.2) is 0 Å². The maximum Gasteiger partial charge on any atom is 0.0715 e. The van der Waals surface area contributed by atoms with Gasteiger partial charge in [0.25, 0.3) is 0 Å². The monoisotopic (exact) mass is 806 g/mol. The van der Waals surface area contributed by atoms with Gasteiger partial charge in [0.1, 0.15) is 0 Å². The average molecular weight is 807 g/mol. The summed E-state index contributed by atoms with van der Waals surface area (Å²) >= 11 is 0. The van der Waals surface area contributed by atoms with Crippen molar-refractivity contribution < 1.29 is 0 Å². The predicted molar refractivity (Wildman–Crippen MR) is 263 cm³/mol. The summed E-state index contributed by atoms with van der Waals surface area (Å²) in [6, 6.07) is 55.9. The largest absolute Gasteiger partial charge is 0.309 e. The topological polar surface area (TPSA) is 35.6 Å². The molecule has 0 saturated heterocycles. The fourth-order valence-electron chi connectivity index (χ4n) is 9.46. The first kappa shape index (κ1) is 39.4. The molecule has 0 spiro atoms. The van der Waals surface area contributed by atoms with Crippen molar-refractivity contribution in [2.24, 2.45) is 0 Å². The minimum Gasteiger partial charge on any atom is -0.309 e. The molecule has 0 aliphatic rings. The van der Waals surface area contributed by atoms with Crippen LogP contribution < -0.4 is 0 Å². The third kappa shape index (κ3) is 6.88. The Kier molecular flexibility index (Phi) is 9.71. The van der Waals surface area contributed by atoms with E-state index in [0.29, 0.717) is 0 Å². The molecule has 0 radical (unpaired) electrons. The van der Waals surface area contributed by atoms with Crippen LogP contribution in [0.4, 0.5) is 0 Å². The molecule has 10 rings (SSSR count). The van der Waals surface area contributed by atoms with Gasteiger partial charge < -0.3 is 9.13 Å². The molecular formula is C58H54N4.